The van der Waals surface area contributed by atoms with E-state index in [1.807, 2.05) is 6.92 Å². The monoisotopic (exact) mass is 436 g/mol. The average molecular weight is 436 g/mol. The molecule has 0 spiro atoms. The molecule has 0 aliphatic rings. The number of aryl methyl sites for hydroxylation is 1. The number of carbonyl (C=O) groups excluding carboxylic acids is 2. The van der Waals surface area contributed by atoms with Crippen molar-refractivity contribution in [2.45, 2.75) is 18.2 Å². The third kappa shape index (κ3) is 6.75. The Hall–Kier alpha value is -3.11. The van der Waals surface area contributed by atoms with Crippen molar-refractivity contribution < 1.29 is 32.2 Å². The number of amides is 1. The highest BCUT2D eigenvalue weighted by atomic mass is 32.2. The van der Waals surface area contributed by atoms with Crippen LogP contribution >= 0.6 is 0 Å². The molecule has 0 radical (unpaired) electrons. The Morgan fingerprint density at radius 1 is 1.00 bits per heavy atom. The second-order valence-electron chi connectivity index (χ2n) is 6.24. The molecule has 30 heavy (non-hydrogen) atoms. The van der Waals surface area contributed by atoms with E-state index in [0.717, 1.165) is 5.56 Å². The van der Waals surface area contributed by atoms with Crippen LogP contribution in [0.5, 0.6) is 11.5 Å². The van der Waals surface area contributed by atoms with Gasteiger partial charge in [-0.05, 0) is 31.2 Å². The van der Waals surface area contributed by atoms with Gasteiger partial charge in [-0.2, -0.15) is 0 Å². The highest BCUT2D eigenvalue weighted by Crippen LogP contribution is 2.28. The summed E-state index contributed by atoms with van der Waals surface area (Å²) in [7, 11) is -0.766. The van der Waals surface area contributed by atoms with Gasteiger partial charge in [0.15, 0.2) is 6.61 Å². The summed E-state index contributed by atoms with van der Waals surface area (Å²) in [5.41, 5.74) is 1.33. The fourth-order valence-corrected chi connectivity index (χ4v) is 3.43. The van der Waals surface area contributed by atoms with Gasteiger partial charge in [0.1, 0.15) is 11.5 Å². The van der Waals surface area contributed by atoms with Crippen LogP contribution in [0.15, 0.2) is 47.4 Å². The van der Waals surface area contributed by atoms with Crippen LogP contribution in [0.25, 0.3) is 0 Å². The predicted octanol–water partition coefficient (Wildman–Crippen LogP) is 1.86. The lowest BCUT2D eigenvalue weighted by Gasteiger charge is -2.12. The summed E-state index contributed by atoms with van der Waals surface area (Å²) in [6, 6.07) is 11.2. The quantitative estimate of drug-likeness (QED) is 0.546. The molecule has 0 aliphatic heterocycles. The largest absolute Gasteiger partial charge is 0.497 e. The van der Waals surface area contributed by atoms with E-state index in [-0.39, 0.29) is 17.9 Å². The normalized spacial score (nSPS) is 10.9. The summed E-state index contributed by atoms with van der Waals surface area (Å²) < 4.78 is 41.8. The number of anilines is 1. The molecule has 2 aromatic rings. The van der Waals surface area contributed by atoms with Gasteiger partial charge < -0.3 is 19.5 Å². The minimum absolute atomic E-state index is 0.106. The first-order valence-electron chi connectivity index (χ1n) is 8.99. The van der Waals surface area contributed by atoms with E-state index in [9.17, 15) is 18.0 Å². The lowest BCUT2D eigenvalue weighted by Crippen LogP contribution is -2.28. The van der Waals surface area contributed by atoms with Crippen LogP contribution in [-0.2, 0) is 24.3 Å². The average Bonchev–Trinajstić information content (AvgIpc) is 2.72. The third-order valence-electron chi connectivity index (χ3n) is 4.00. The molecule has 0 saturated heterocycles. The maximum absolute atomic E-state index is 12.2. The Balaban J connectivity index is 1.78. The summed E-state index contributed by atoms with van der Waals surface area (Å²) in [5.74, 6) is -0.325. The van der Waals surface area contributed by atoms with Crippen LogP contribution in [0, 0.1) is 6.92 Å². The van der Waals surface area contributed by atoms with Gasteiger partial charge >= 0.3 is 5.97 Å². The summed E-state index contributed by atoms with van der Waals surface area (Å²) >= 11 is 0. The fraction of sp³-hybridized carbons (Fsp3) is 0.300. The van der Waals surface area contributed by atoms with Gasteiger partial charge in [0.25, 0.3) is 5.91 Å². The summed E-state index contributed by atoms with van der Waals surface area (Å²) in [6.07, 6.45) is -0.218. The SMILES string of the molecule is COc1ccc(NC(=O)COC(=O)CCNS(=O)(=O)c2ccc(C)cc2)c(OC)c1. The molecule has 9 nitrogen and oxygen atoms in total. The van der Waals surface area contributed by atoms with Crippen molar-refractivity contribution >= 4 is 27.6 Å². The lowest BCUT2D eigenvalue weighted by atomic mass is 10.2. The van der Waals surface area contributed by atoms with E-state index in [2.05, 4.69) is 10.0 Å². The van der Waals surface area contributed by atoms with Gasteiger partial charge in [-0.1, -0.05) is 17.7 Å². The van der Waals surface area contributed by atoms with Crippen molar-refractivity contribution in [2.24, 2.45) is 0 Å². The molecule has 0 aliphatic carbocycles. The first-order valence-corrected chi connectivity index (χ1v) is 10.5. The zero-order chi connectivity index (χ0) is 22.1. The van der Waals surface area contributed by atoms with Crippen LogP contribution in [0.2, 0.25) is 0 Å². The number of carbonyl (C=O) groups is 2. The number of sulfonamides is 1. The molecule has 0 bridgehead atoms. The molecular weight excluding hydrogens is 412 g/mol. The van der Waals surface area contributed by atoms with E-state index in [1.165, 1.54) is 26.4 Å². The van der Waals surface area contributed by atoms with Crippen molar-refractivity contribution in [3.05, 3.63) is 48.0 Å². The Morgan fingerprint density at radius 3 is 2.33 bits per heavy atom. The molecule has 162 valence electrons. The molecular formula is C20H24N2O7S. The van der Waals surface area contributed by atoms with Gasteiger partial charge in [-0.15, -0.1) is 0 Å². The maximum Gasteiger partial charge on any atom is 0.307 e. The maximum atomic E-state index is 12.2. The molecule has 2 aromatic carbocycles. The number of rotatable bonds is 10. The number of nitrogens with one attached hydrogen (secondary N) is 2. The molecule has 1 amide bonds. The fourth-order valence-electron chi connectivity index (χ4n) is 2.39. The highest BCUT2D eigenvalue weighted by molar-refractivity contribution is 7.89. The molecule has 0 atom stereocenters. The minimum atomic E-state index is -3.72. The summed E-state index contributed by atoms with van der Waals surface area (Å²) in [6.45, 7) is 1.18. The summed E-state index contributed by atoms with van der Waals surface area (Å²) in [5, 5.41) is 2.57. The van der Waals surface area contributed by atoms with Crippen LogP contribution in [-0.4, -0.2) is 47.7 Å². The van der Waals surface area contributed by atoms with Crippen molar-refractivity contribution in [2.75, 3.05) is 32.7 Å². The molecule has 0 fully saturated rings. The predicted molar refractivity (Wildman–Crippen MR) is 110 cm³/mol. The van der Waals surface area contributed by atoms with Crippen LogP contribution in [0.3, 0.4) is 0 Å². The number of esters is 1. The molecule has 10 heteroatoms. The van der Waals surface area contributed by atoms with E-state index in [0.29, 0.717) is 17.2 Å². The van der Waals surface area contributed by atoms with Gasteiger partial charge in [0, 0.05) is 12.6 Å². The molecule has 0 heterocycles. The van der Waals surface area contributed by atoms with Gasteiger partial charge in [-0.3, -0.25) is 9.59 Å². The number of ether oxygens (including phenoxy) is 3. The molecule has 2 N–H and O–H groups in total. The smallest absolute Gasteiger partial charge is 0.307 e. The zero-order valence-corrected chi connectivity index (χ0v) is 17.7. The Morgan fingerprint density at radius 2 is 1.70 bits per heavy atom. The Kier molecular flexibility index (Phi) is 8.19. The van der Waals surface area contributed by atoms with E-state index in [4.69, 9.17) is 14.2 Å². The van der Waals surface area contributed by atoms with Crippen molar-refractivity contribution in [1.29, 1.82) is 0 Å². The van der Waals surface area contributed by atoms with Gasteiger partial charge in [0.05, 0.1) is 31.2 Å². The standard InChI is InChI=1S/C20H24N2O7S/c1-14-4-7-16(8-5-14)30(25,26)21-11-10-20(24)29-13-19(23)22-17-9-6-15(27-2)12-18(17)28-3/h4-9,12,21H,10-11,13H2,1-3H3,(H,22,23). The first-order chi connectivity index (χ1) is 14.2. The minimum Gasteiger partial charge on any atom is -0.497 e. The van der Waals surface area contributed by atoms with Crippen LogP contribution in [0.4, 0.5) is 5.69 Å². The molecule has 0 aromatic heterocycles. The zero-order valence-electron chi connectivity index (χ0n) is 16.9. The van der Waals surface area contributed by atoms with Crippen molar-refractivity contribution in [1.82, 2.24) is 4.72 Å². The number of methoxy groups -OCH3 is 2. The van der Waals surface area contributed by atoms with Gasteiger partial charge in [-0.25, -0.2) is 13.1 Å². The number of benzene rings is 2. The van der Waals surface area contributed by atoms with E-state index >= 15 is 0 Å². The highest BCUT2D eigenvalue weighted by Gasteiger charge is 2.15. The first kappa shape index (κ1) is 23.2. The molecule has 0 saturated carbocycles. The topological polar surface area (TPSA) is 120 Å². The van der Waals surface area contributed by atoms with Crippen LogP contribution in [0.1, 0.15) is 12.0 Å². The van der Waals surface area contributed by atoms with Gasteiger partial charge in [0.2, 0.25) is 10.0 Å². The van der Waals surface area contributed by atoms with Crippen molar-refractivity contribution in [3.8, 4) is 11.5 Å². The molecule has 0 unspecified atom stereocenters. The molecule has 2 rings (SSSR count). The lowest BCUT2D eigenvalue weighted by molar-refractivity contribution is -0.147. The van der Waals surface area contributed by atoms with Crippen LogP contribution < -0.4 is 19.5 Å². The summed E-state index contributed by atoms with van der Waals surface area (Å²) in [4.78, 5) is 23.9. The van der Waals surface area contributed by atoms with E-state index < -0.39 is 28.5 Å². The Labute approximate surface area is 175 Å². The second kappa shape index (κ2) is 10.6. The number of hydrogen-bond acceptors (Lipinski definition) is 7. The van der Waals surface area contributed by atoms with E-state index in [1.54, 1.807) is 30.3 Å². The number of hydrogen-bond donors (Lipinski definition) is 2. The second-order valence-corrected chi connectivity index (χ2v) is 8.00. The van der Waals surface area contributed by atoms with Crippen molar-refractivity contribution in [3.63, 3.8) is 0 Å². The third-order valence-corrected chi connectivity index (χ3v) is 5.48. The Bertz CT molecular complexity index is 989.